The van der Waals surface area contributed by atoms with Crippen molar-refractivity contribution in [2.45, 2.75) is 12.0 Å². The van der Waals surface area contributed by atoms with Gasteiger partial charge in [-0.3, -0.25) is 4.57 Å². The van der Waals surface area contributed by atoms with E-state index in [1.165, 1.54) is 11.1 Å². The smallest absolute Gasteiger partial charge is 0.235 e. The maximum Gasteiger partial charge on any atom is 0.235 e. The van der Waals surface area contributed by atoms with E-state index in [1.807, 2.05) is 12.1 Å². The predicted octanol–water partition coefficient (Wildman–Crippen LogP) is 9.03. The number of hydrogen-bond donors (Lipinski definition) is 0. The van der Waals surface area contributed by atoms with Crippen molar-refractivity contribution >= 4 is 32.7 Å². The fraction of sp³-hybridized carbons (Fsp3) is 0.0526. The van der Waals surface area contributed by atoms with Crippen LogP contribution in [0.5, 0.6) is 5.75 Å². The van der Waals surface area contributed by atoms with Gasteiger partial charge in [0, 0.05) is 27.8 Å². The number of hydrogen-bond acceptors (Lipinski definition) is 3. The summed E-state index contributed by atoms with van der Waals surface area (Å²) in [4.78, 5) is 10.5. The first-order chi connectivity index (χ1) is 20.8. The minimum absolute atomic E-state index is 0.0260. The summed E-state index contributed by atoms with van der Waals surface area (Å²) in [5.74, 6) is 1.84. The Hall–Kier alpha value is -5.48. The van der Waals surface area contributed by atoms with Crippen LogP contribution in [0.4, 0.5) is 0 Å². The third-order valence-corrected chi connectivity index (χ3v) is 8.56. The van der Waals surface area contributed by atoms with Crippen LogP contribution in [-0.2, 0) is 0 Å². The van der Waals surface area contributed by atoms with E-state index in [-0.39, 0.29) is 12.0 Å². The minimum Gasteiger partial charge on any atom is -0.484 e. The number of ether oxygens (including phenoxy) is 1. The van der Waals surface area contributed by atoms with E-state index in [1.54, 1.807) is 0 Å². The Kier molecular flexibility index (Phi) is 4.99. The largest absolute Gasteiger partial charge is 0.484 e. The molecule has 2 aromatic heterocycles. The average molecular weight is 540 g/mol. The van der Waals surface area contributed by atoms with Gasteiger partial charge < -0.3 is 4.74 Å². The summed E-state index contributed by atoms with van der Waals surface area (Å²) in [6, 6.07) is 40.3. The van der Waals surface area contributed by atoms with E-state index in [4.69, 9.17) is 14.7 Å². The Balaban J connectivity index is 1.33. The van der Waals surface area contributed by atoms with Crippen LogP contribution in [0.15, 0.2) is 140 Å². The number of aromatic nitrogens is 3. The molecule has 0 saturated carbocycles. The van der Waals surface area contributed by atoms with Crippen LogP contribution >= 0.6 is 0 Å². The fourth-order valence-corrected chi connectivity index (χ4v) is 6.61. The topological polar surface area (TPSA) is 39.9 Å². The van der Waals surface area contributed by atoms with Crippen LogP contribution in [0, 0.1) is 0 Å². The number of para-hydroxylation sites is 1. The highest BCUT2D eigenvalue weighted by Gasteiger charge is 2.34. The molecule has 0 amide bonds. The molecule has 0 spiro atoms. The second-order valence-electron chi connectivity index (χ2n) is 10.9. The molecule has 42 heavy (non-hydrogen) atoms. The summed E-state index contributed by atoms with van der Waals surface area (Å²) in [6.07, 6.45) is 8.61. The van der Waals surface area contributed by atoms with Crippen LogP contribution < -0.4 is 4.74 Å². The van der Waals surface area contributed by atoms with Crippen molar-refractivity contribution in [3.63, 3.8) is 0 Å². The van der Waals surface area contributed by atoms with Crippen LogP contribution in [0.1, 0.15) is 11.5 Å². The number of benzene rings is 5. The molecule has 7 aromatic rings. The second-order valence-corrected chi connectivity index (χ2v) is 10.9. The fourth-order valence-electron chi connectivity index (χ4n) is 6.61. The molecule has 0 N–H and O–H groups in total. The van der Waals surface area contributed by atoms with Gasteiger partial charge in [0.15, 0.2) is 0 Å². The molecule has 1 aliphatic heterocycles. The first kappa shape index (κ1) is 23.2. The van der Waals surface area contributed by atoms with Crippen molar-refractivity contribution in [2.75, 3.05) is 0 Å². The first-order valence-electron chi connectivity index (χ1n) is 14.3. The summed E-state index contributed by atoms with van der Waals surface area (Å²) in [6.45, 7) is 0. The lowest BCUT2D eigenvalue weighted by atomic mass is 9.91. The first-order valence-corrected chi connectivity index (χ1v) is 14.3. The highest BCUT2D eigenvalue weighted by Crippen LogP contribution is 2.48. The number of rotatable bonds is 3. The quantitative estimate of drug-likeness (QED) is 0.225. The summed E-state index contributed by atoms with van der Waals surface area (Å²) < 4.78 is 8.80. The normalized spacial score (nSPS) is 17.0. The van der Waals surface area contributed by atoms with E-state index in [9.17, 15) is 0 Å². The Bertz CT molecular complexity index is 2230. The molecule has 0 saturated heterocycles. The van der Waals surface area contributed by atoms with Crippen LogP contribution in [0.2, 0.25) is 0 Å². The molecule has 0 bridgehead atoms. The summed E-state index contributed by atoms with van der Waals surface area (Å²) in [5.41, 5.74) is 8.53. The number of nitrogens with zero attached hydrogens (tertiary/aromatic N) is 3. The summed E-state index contributed by atoms with van der Waals surface area (Å²) in [7, 11) is 0. The van der Waals surface area contributed by atoms with Gasteiger partial charge in [0.05, 0.1) is 27.6 Å². The van der Waals surface area contributed by atoms with Gasteiger partial charge in [0.1, 0.15) is 11.9 Å². The van der Waals surface area contributed by atoms with E-state index < -0.39 is 0 Å². The molecule has 9 rings (SSSR count). The van der Waals surface area contributed by atoms with Crippen LogP contribution in [0.25, 0.3) is 61.0 Å². The summed E-state index contributed by atoms with van der Waals surface area (Å²) in [5, 5.41) is 3.28. The van der Waals surface area contributed by atoms with Crippen molar-refractivity contribution in [3.05, 3.63) is 145 Å². The maximum absolute atomic E-state index is 6.61. The van der Waals surface area contributed by atoms with Crippen molar-refractivity contribution < 1.29 is 4.74 Å². The SMILES string of the molecule is C1=CC2Oc3c(ccc4c3c3ccccc3n4-c3nc(-c4ccccc4)c4cc(-c5ccccc5)ccc4n3)C2C=C1. The van der Waals surface area contributed by atoms with Crippen LogP contribution in [-0.4, -0.2) is 20.6 Å². The molecule has 5 aromatic carbocycles. The van der Waals surface area contributed by atoms with E-state index in [2.05, 4.69) is 132 Å². The molecule has 3 heterocycles. The molecule has 1 aliphatic carbocycles. The Morgan fingerprint density at radius 2 is 1.36 bits per heavy atom. The third kappa shape index (κ3) is 3.42. The molecule has 2 atom stereocenters. The molecule has 4 nitrogen and oxygen atoms in total. The molecule has 4 heteroatoms. The van der Waals surface area contributed by atoms with Gasteiger partial charge >= 0.3 is 0 Å². The molecule has 198 valence electrons. The molecule has 0 radical (unpaired) electrons. The van der Waals surface area contributed by atoms with Gasteiger partial charge in [-0.2, -0.15) is 0 Å². The standard InChI is InChI=1S/C38H25N3O/c1-3-11-24(12-4-1)26-19-21-31-30(23-26)36(25-13-5-2-6-14-25)40-38(39-31)41-32-17-9-7-16-29(32)35-33(41)22-20-28-27-15-8-10-18-34(27)42-37(28)35/h1-23,27,34H. The highest BCUT2D eigenvalue weighted by atomic mass is 16.5. The molecular weight excluding hydrogens is 514 g/mol. The zero-order valence-corrected chi connectivity index (χ0v) is 22.7. The highest BCUT2D eigenvalue weighted by molar-refractivity contribution is 6.13. The van der Waals surface area contributed by atoms with Gasteiger partial charge in [0.25, 0.3) is 0 Å². The van der Waals surface area contributed by atoms with Gasteiger partial charge in [0.2, 0.25) is 5.95 Å². The lowest BCUT2D eigenvalue weighted by Gasteiger charge is -2.13. The van der Waals surface area contributed by atoms with Gasteiger partial charge in [-0.25, -0.2) is 9.97 Å². The Morgan fingerprint density at radius 3 is 2.21 bits per heavy atom. The van der Waals surface area contributed by atoms with E-state index in [0.29, 0.717) is 5.95 Å². The Morgan fingerprint density at radius 1 is 0.595 bits per heavy atom. The van der Waals surface area contributed by atoms with Crippen LogP contribution in [0.3, 0.4) is 0 Å². The molecule has 0 fully saturated rings. The maximum atomic E-state index is 6.61. The second kappa shape index (κ2) is 9.02. The lowest BCUT2D eigenvalue weighted by Crippen LogP contribution is -2.15. The van der Waals surface area contributed by atoms with Gasteiger partial charge in [-0.1, -0.05) is 109 Å². The third-order valence-electron chi connectivity index (χ3n) is 8.56. The number of allylic oxidation sites excluding steroid dienone is 2. The molecular formula is C38H25N3O. The van der Waals surface area contributed by atoms with E-state index >= 15 is 0 Å². The van der Waals surface area contributed by atoms with Gasteiger partial charge in [-0.15, -0.1) is 0 Å². The molecule has 2 unspecified atom stereocenters. The van der Waals surface area contributed by atoms with Gasteiger partial charge in [-0.05, 0) is 41.5 Å². The lowest BCUT2D eigenvalue weighted by molar-refractivity contribution is 0.271. The average Bonchev–Trinajstić information content (AvgIpc) is 3.61. The van der Waals surface area contributed by atoms with Crippen molar-refractivity contribution in [1.29, 1.82) is 0 Å². The summed E-state index contributed by atoms with van der Waals surface area (Å²) >= 11 is 0. The monoisotopic (exact) mass is 539 g/mol. The minimum atomic E-state index is 0.0260. The zero-order valence-electron chi connectivity index (χ0n) is 22.7. The van der Waals surface area contributed by atoms with Crippen molar-refractivity contribution in [1.82, 2.24) is 14.5 Å². The zero-order chi connectivity index (χ0) is 27.6. The van der Waals surface area contributed by atoms with Crippen molar-refractivity contribution in [3.8, 4) is 34.1 Å². The predicted molar refractivity (Wildman–Crippen MR) is 170 cm³/mol. The van der Waals surface area contributed by atoms with E-state index in [0.717, 1.165) is 55.3 Å². The Labute approximate surface area is 242 Å². The van der Waals surface area contributed by atoms with Crippen molar-refractivity contribution in [2.24, 2.45) is 0 Å². The number of fused-ring (bicyclic) bond motifs is 8. The molecule has 2 aliphatic rings.